The molecule has 0 saturated heterocycles. The molecular weight excluding hydrogens is 388 g/mol. The second-order valence-electron chi connectivity index (χ2n) is 8.12. The number of methoxy groups -OCH3 is 1. The number of rotatable bonds is 5. The van der Waals surface area contributed by atoms with Gasteiger partial charge in [0.05, 0.1) is 7.11 Å². The maximum Gasteiger partial charge on any atom is 0.259 e. The van der Waals surface area contributed by atoms with Crippen molar-refractivity contribution in [2.24, 2.45) is 0 Å². The summed E-state index contributed by atoms with van der Waals surface area (Å²) >= 11 is 0. The van der Waals surface area contributed by atoms with E-state index in [9.17, 15) is 9.59 Å². The molecule has 158 valence electrons. The van der Waals surface area contributed by atoms with Gasteiger partial charge in [0.2, 0.25) is 5.91 Å². The number of hydrogen-bond donors (Lipinski definition) is 1. The Balaban J connectivity index is 1.69. The number of amides is 2. The highest BCUT2D eigenvalue weighted by Gasteiger charge is 2.47. The predicted octanol–water partition coefficient (Wildman–Crippen LogP) is 4.28. The van der Waals surface area contributed by atoms with Crippen LogP contribution in [0, 0.1) is 6.92 Å². The summed E-state index contributed by atoms with van der Waals surface area (Å²) in [5.41, 5.74) is 3.15. The summed E-state index contributed by atoms with van der Waals surface area (Å²) in [6.45, 7) is 4.17. The molecule has 4 rings (SSSR count). The van der Waals surface area contributed by atoms with E-state index in [0.29, 0.717) is 18.5 Å². The van der Waals surface area contributed by atoms with Gasteiger partial charge < -0.3 is 10.1 Å². The Morgan fingerprint density at radius 3 is 2.61 bits per heavy atom. The number of carbonyl (C=O) groups excluding carboxylic acids is 2. The van der Waals surface area contributed by atoms with E-state index in [1.54, 1.807) is 12.0 Å². The van der Waals surface area contributed by atoms with Gasteiger partial charge in [-0.3, -0.25) is 14.5 Å². The van der Waals surface area contributed by atoms with E-state index in [0.717, 1.165) is 28.1 Å². The van der Waals surface area contributed by atoms with Crippen molar-refractivity contribution in [3.05, 3.63) is 95.1 Å². The lowest BCUT2D eigenvalue weighted by Gasteiger charge is -2.44. The highest BCUT2D eigenvalue weighted by molar-refractivity contribution is 6.14. The Morgan fingerprint density at radius 1 is 1.06 bits per heavy atom. The van der Waals surface area contributed by atoms with Gasteiger partial charge in [-0.05, 0) is 60.9 Å². The standard InChI is InChI=1S/C26H26N2O3/c1-18-8-6-11-21(14-18)28-24(29)23-13-5-4-10-20(23)16-26(28,2)25(30)27-17-19-9-7-12-22(15-19)31-3/h4-15H,16-17H2,1-3H3,(H,27,30). The van der Waals surface area contributed by atoms with Crippen LogP contribution in [-0.2, 0) is 17.8 Å². The summed E-state index contributed by atoms with van der Waals surface area (Å²) in [4.78, 5) is 28.7. The first-order valence-corrected chi connectivity index (χ1v) is 10.3. The number of hydrogen-bond acceptors (Lipinski definition) is 3. The first-order valence-electron chi connectivity index (χ1n) is 10.3. The fraction of sp³-hybridized carbons (Fsp3) is 0.231. The molecular formula is C26H26N2O3. The van der Waals surface area contributed by atoms with Crippen LogP contribution in [-0.4, -0.2) is 24.5 Å². The van der Waals surface area contributed by atoms with Crippen LogP contribution in [0.3, 0.4) is 0 Å². The summed E-state index contributed by atoms with van der Waals surface area (Å²) in [6, 6.07) is 22.8. The molecule has 31 heavy (non-hydrogen) atoms. The van der Waals surface area contributed by atoms with Gasteiger partial charge in [-0.1, -0.05) is 42.5 Å². The Hall–Kier alpha value is -3.60. The Bertz CT molecular complexity index is 1140. The highest BCUT2D eigenvalue weighted by Crippen LogP contribution is 2.36. The van der Waals surface area contributed by atoms with Crippen molar-refractivity contribution in [2.45, 2.75) is 32.4 Å². The fourth-order valence-electron chi connectivity index (χ4n) is 4.18. The van der Waals surface area contributed by atoms with E-state index in [1.807, 2.05) is 86.6 Å². The first kappa shape index (κ1) is 20.7. The molecule has 3 aromatic carbocycles. The maximum atomic E-state index is 13.5. The van der Waals surface area contributed by atoms with E-state index in [1.165, 1.54) is 0 Å². The van der Waals surface area contributed by atoms with Crippen molar-refractivity contribution in [3.63, 3.8) is 0 Å². The lowest BCUT2D eigenvalue weighted by Crippen LogP contribution is -2.63. The van der Waals surface area contributed by atoms with Gasteiger partial charge in [0.25, 0.3) is 5.91 Å². The minimum Gasteiger partial charge on any atom is -0.497 e. The second kappa shape index (κ2) is 8.26. The Labute approximate surface area is 182 Å². The molecule has 0 bridgehead atoms. The van der Waals surface area contributed by atoms with Crippen LogP contribution in [0.5, 0.6) is 5.75 Å². The lowest BCUT2D eigenvalue weighted by atomic mass is 9.82. The summed E-state index contributed by atoms with van der Waals surface area (Å²) < 4.78 is 5.27. The fourth-order valence-corrected chi connectivity index (χ4v) is 4.18. The smallest absolute Gasteiger partial charge is 0.259 e. The van der Waals surface area contributed by atoms with Crippen molar-refractivity contribution in [1.29, 1.82) is 0 Å². The largest absolute Gasteiger partial charge is 0.497 e. The number of nitrogens with zero attached hydrogens (tertiary/aromatic N) is 1. The van der Waals surface area contributed by atoms with Gasteiger partial charge >= 0.3 is 0 Å². The topological polar surface area (TPSA) is 58.6 Å². The number of carbonyl (C=O) groups is 2. The van der Waals surface area contributed by atoms with Crippen molar-refractivity contribution in [3.8, 4) is 5.75 Å². The van der Waals surface area contributed by atoms with Crippen LogP contribution < -0.4 is 15.0 Å². The van der Waals surface area contributed by atoms with Crippen LogP contribution in [0.2, 0.25) is 0 Å². The van der Waals surface area contributed by atoms with Crippen LogP contribution in [0.15, 0.2) is 72.8 Å². The Morgan fingerprint density at radius 2 is 1.84 bits per heavy atom. The number of benzene rings is 3. The van der Waals surface area contributed by atoms with Crippen molar-refractivity contribution in [2.75, 3.05) is 12.0 Å². The number of aryl methyl sites for hydroxylation is 1. The minimum absolute atomic E-state index is 0.161. The molecule has 0 aromatic heterocycles. The highest BCUT2D eigenvalue weighted by atomic mass is 16.5. The minimum atomic E-state index is -1.06. The molecule has 1 aliphatic heterocycles. The number of nitrogens with one attached hydrogen (secondary N) is 1. The van der Waals surface area contributed by atoms with Gasteiger partial charge in [-0.2, -0.15) is 0 Å². The average molecular weight is 415 g/mol. The van der Waals surface area contributed by atoms with Crippen molar-refractivity contribution < 1.29 is 14.3 Å². The number of anilines is 1. The summed E-state index contributed by atoms with van der Waals surface area (Å²) in [5, 5.41) is 3.04. The molecule has 1 unspecified atom stereocenters. The molecule has 1 atom stereocenters. The SMILES string of the molecule is COc1cccc(CNC(=O)C2(C)Cc3ccccc3C(=O)N2c2cccc(C)c2)c1. The van der Waals surface area contributed by atoms with Gasteiger partial charge in [-0.15, -0.1) is 0 Å². The van der Waals surface area contributed by atoms with E-state index < -0.39 is 5.54 Å². The summed E-state index contributed by atoms with van der Waals surface area (Å²) in [6.07, 6.45) is 0.437. The molecule has 0 spiro atoms. The van der Waals surface area contributed by atoms with E-state index in [2.05, 4.69) is 5.32 Å². The Kier molecular flexibility index (Phi) is 5.51. The van der Waals surface area contributed by atoms with Crippen molar-refractivity contribution >= 4 is 17.5 Å². The maximum absolute atomic E-state index is 13.5. The average Bonchev–Trinajstić information content (AvgIpc) is 2.77. The van der Waals surface area contributed by atoms with E-state index in [4.69, 9.17) is 4.74 Å². The van der Waals surface area contributed by atoms with Gasteiger partial charge in [0, 0.05) is 24.2 Å². The molecule has 2 amide bonds. The third kappa shape index (κ3) is 3.91. The second-order valence-corrected chi connectivity index (χ2v) is 8.12. The molecule has 1 N–H and O–H groups in total. The summed E-state index contributed by atoms with van der Waals surface area (Å²) in [7, 11) is 1.61. The zero-order valence-corrected chi connectivity index (χ0v) is 18.0. The van der Waals surface area contributed by atoms with Gasteiger partial charge in [-0.25, -0.2) is 0 Å². The third-order valence-electron chi connectivity index (χ3n) is 5.82. The molecule has 5 nitrogen and oxygen atoms in total. The number of fused-ring (bicyclic) bond motifs is 1. The lowest BCUT2D eigenvalue weighted by molar-refractivity contribution is -0.126. The van der Waals surface area contributed by atoms with E-state index >= 15 is 0 Å². The first-order chi connectivity index (χ1) is 14.9. The monoisotopic (exact) mass is 414 g/mol. The molecule has 0 fully saturated rings. The van der Waals surface area contributed by atoms with Crippen LogP contribution in [0.25, 0.3) is 0 Å². The van der Waals surface area contributed by atoms with E-state index in [-0.39, 0.29) is 11.8 Å². The molecule has 3 aromatic rings. The molecule has 1 heterocycles. The number of ether oxygens (including phenoxy) is 1. The van der Waals surface area contributed by atoms with Gasteiger partial charge in [0.1, 0.15) is 11.3 Å². The molecule has 0 saturated carbocycles. The third-order valence-corrected chi connectivity index (χ3v) is 5.82. The zero-order chi connectivity index (χ0) is 22.0. The molecule has 0 aliphatic carbocycles. The van der Waals surface area contributed by atoms with Crippen molar-refractivity contribution in [1.82, 2.24) is 5.32 Å². The van der Waals surface area contributed by atoms with Crippen LogP contribution >= 0.6 is 0 Å². The molecule has 5 heteroatoms. The normalized spacial score (nSPS) is 17.8. The summed E-state index contributed by atoms with van der Waals surface area (Å²) in [5.74, 6) is 0.382. The zero-order valence-electron chi connectivity index (χ0n) is 18.0. The molecule has 0 radical (unpaired) electrons. The van der Waals surface area contributed by atoms with Gasteiger partial charge in [0.15, 0.2) is 0 Å². The predicted molar refractivity (Wildman–Crippen MR) is 121 cm³/mol. The van der Waals surface area contributed by atoms with Crippen LogP contribution in [0.4, 0.5) is 5.69 Å². The quantitative estimate of drug-likeness (QED) is 0.678. The molecule has 1 aliphatic rings. The van der Waals surface area contributed by atoms with Crippen LogP contribution in [0.1, 0.15) is 34.0 Å².